The number of nitrogens with two attached hydrogens (primary N) is 1. The van der Waals surface area contributed by atoms with Crippen LogP contribution in [0.2, 0.25) is 0 Å². The van der Waals surface area contributed by atoms with Crippen LogP contribution in [-0.4, -0.2) is 77.6 Å². The van der Waals surface area contributed by atoms with Crippen molar-refractivity contribution in [1.82, 2.24) is 29.4 Å². The molecule has 0 amide bonds. The number of nitrogen functional groups attached to an aromatic ring is 1. The van der Waals surface area contributed by atoms with E-state index in [1.54, 1.807) is 16.8 Å². The predicted octanol–water partition coefficient (Wildman–Crippen LogP) is 3.15. The lowest BCUT2D eigenvalue weighted by Gasteiger charge is -2.42. The maximum Gasteiger partial charge on any atom is 0.164 e. The van der Waals surface area contributed by atoms with Gasteiger partial charge in [-0.25, -0.2) is 15.0 Å². The third-order valence-electron chi connectivity index (χ3n) is 8.64. The van der Waals surface area contributed by atoms with Gasteiger partial charge in [0.05, 0.1) is 16.4 Å². The average molecular weight is 534 g/mol. The van der Waals surface area contributed by atoms with Gasteiger partial charge in [0, 0.05) is 25.2 Å². The Bertz CT molecular complexity index is 1470. The molecule has 6 rings (SSSR count). The van der Waals surface area contributed by atoms with E-state index < -0.39 is 24.5 Å². The highest BCUT2D eigenvalue weighted by Gasteiger charge is 2.45. The molecule has 4 unspecified atom stereocenters. The molecule has 1 aromatic carbocycles. The molecule has 10 heteroatoms. The van der Waals surface area contributed by atoms with Gasteiger partial charge in [-0.1, -0.05) is 26.8 Å². The lowest BCUT2D eigenvalue weighted by Crippen LogP contribution is -2.47. The summed E-state index contributed by atoms with van der Waals surface area (Å²) in [6, 6.07) is 8.76. The molecule has 208 valence electrons. The number of nitrogens with zero attached hydrogens (tertiary/aromatic N) is 5. The maximum atomic E-state index is 10.8. The quantitative estimate of drug-likeness (QED) is 0.284. The number of aryl methyl sites for hydroxylation is 1. The van der Waals surface area contributed by atoms with E-state index in [0.29, 0.717) is 35.4 Å². The highest BCUT2D eigenvalue weighted by Crippen LogP contribution is 2.37. The number of aromatic nitrogens is 5. The van der Waals surface area contributed by atoms with Crippen molar-refractivity contribution in [3.8, 4) is 0 Å². The molecule has 0 spiro atoms. The number of aliphatic hydroxyl groups excluding tert-OH is 2. The standard InChI is InChI=1S/C29H39N7O3/c1-29(2,3)17-6-7-20-21(13-17)34-23(33-20)8-5-16-11-18(12-16)35(4)14-22-24(37)25(38)28(39-22)36-10-9-19-26(30)31-15-32-27(19)36/h6-7,9-10,13,15-16,18,22,24-25,28,37-38H,5,8,11-12,14H2,1-4H3,(H,33,34)(H2,30,31,32). The topological polar surface area (TPSA) is 138 Å². The van der Waals surface area contributed by atoms with Crippen molar-refractivity contribution in [3.63, 3.8) is 0 Å². The molecule has 1 saturated heterocycles. The third-order valence-corrected chi connectivity index (χ3v) is 8.64. The number of anilines is 1. The van der Waals surface area contributed by atoms with E-state index >= 15 is 0 Å². The van der Waals surface area contributed by atoms with E-state index in [0.717, 1.165) is 42.5 Å². The minimum Gasteiger partial charge on any atom is -0.387 e. The Labute approximate surface area is 228 Å². The first kappa shape index (κ1) is 26.2. The zero-order valence-electron chi connectivity index (χ0n) is 23.1. The molecule has 4 heterocycles. The number of hydrogen-bond donors (Lipinski definition) is 4. The second-order valence-corrected chi connectivity index (χ2v) is 12.4. The van der Waals surface area contributed by atoms with E-state index in [4.69, 9.17) is 15.5 Å². The number of hydrogen-bond acceptors (Lipinski definition) is 8. The van der Waals surface area contributed by atoms with Crippen molar-refractivity contribution in [2.24, 2.45) is 5.92 Å². The van der Waals surface area contributed by atoms with Crippen LogP contribution in [0.15, 0.2) is 36.8 Å². The minimum atomic E-state index is -1.06. The van der Waals surface area contributed by atoms with Crippen LogP contribution < -0.4 is 5.73 Å². The molecule has 2 aliphatic rings. The molecule has 2 fully saturated rings. The fourth-order valence-electron chi connectivity index (χ4n) is 6.02. The Balaban J connectivity index is 1.01. The zero-order valence-corrected chi connectivity index (χ0v) is 23.1. The number of fused-ring (bicyclic) bond motifs is 2. The van der Waals surface area contributed by atoms with Crippen LogP contribution in [0.1, 0.15) is 57.6 Å². The monoisotopic (exact) mass is 533 g/mol. The molecule has 0 bridgehead atoms. The number of nitrogens with one attached hydrogen (secondary N) is 1. The summed E-state index contributed by atoms with van der Waals surface area (Å²) >= 11 is 0. The maximum absolute atomic E-state index is 10.8. The highest BCUT2D eigenvalue weighted by molar-refractivity contribution is 5.86. The minimum absolute atomic E-state index is 0.116. The predicted molar refractivity (Wildman–Crippen MR) is 150 cm³/mol. The van der Waals surface area contributed by atoms with Crippen LogP contribution in [0, 0.1) is 5.92 Å². The zero-order chi connectivity index (χ0) is 27.5. The number of aliphatic hydroxyl groups is 2. The lowest BCUT2D eigenvalue weighted by atomic mass is 9.76. The van der Waals surface area contributed by atoms with Gasteiger partial charge in [0.2, 0.25) is 0 Å². The van der Waals surface area contributed by atoms with Gasteiger partial charge in [0.25, 0.3) is 0 Å². The van der Waals surface area contributed by atoms with E-state index in [2.05, 4.69) is 65.9 Å². The number of H-pyrrole nitrogens is 1. The van der Waals surface area contributed by atoms with Gasteiger partial charge in [-0.05, 0) is 61.4 Å². The first-order chi connectivity index (χ1) is 18.6. The van der Waals surface area contributed by atoms with Crippen molar-refractivity contribution < 1.29 is 14.9 Å². The first-order valence-electron chi connectivity index (χ1n) is 13.9. The SMILES string of the molecule is CN(CC1OC(n2ccc3c(N)ncnc32)C(O)C1O)C1CC(CCc2nc3ccc(C(C)(C)C)cc3[nH]2)C1. The molecule has 4 aromatic rings. The smallest absolute Gasteiger partial charge is 0.164 e. The van der Waals surface area contributed by atoms with Crippen LogP contribution >= 0.6 is 0 Å². The molecule has 0 radical (unpaired) electrons. The van der Waals surface area contributed by atoms with Gasteiger partial charge in [-0.2, -0.15) is 0 Å². The van der Waals surface area contributed by atoms with Crippen LogP contribution in [0.4, 0.5) is 5.82 Å². The largest absolute Gasteiger partial charge is 0.387 e. The molecule has 1 aliphatic carbocycles. The fourth-order valence-corrected chi connectivity index (χ4v) is 6.02. The molecule has 1 aliphatic heterocycles. The van der Waals surface area contributed by atoms with Gasteiger partial charge >= 0.3 is 0 Å². The van der Waals surface area contributed by atoms with Crippen LogP contribution in [0.25, 0.3) is 22.1 Å². The Morgan fingerprint density at radius 2 is 1.95 bits per heavy atom. The molecule has 1 saturated carbocycles. The normalized spacial score (nSPS) is 27.6. The van der Waals surface area contributed by atoms with E-state index in [-0.39, 0.29) is 5.41 Å². The molecule has 39 heavy (non-hydrogen) atoms. The van der Waals surface area contributed by atoms with Crippen molar-refractivity contribution in [1.29, 1.82) is 0 Å². The van der Waals surface area contributed by atoms with Crippen molar-refractivity contribution in [2.75, 3.05) is 19.3 Å². The summed E-state index contributed by atoms with van der Waals surface area (Å²) in [6.07, 6.45) is 4.14. The summed E-state index contributed by atoms with van der Waals surface area (Å²) in [5, 5.41) is 22.3. The summed E-state index contributed by atoms with van der Waals surface area (Å²) in [7, 11) is 2.07. The van der Waals surface area contributed by atoms with Crippen molar-refractivity contribution in [2.45, 2.75) is 82.5 Å². The lowest BCUT2D eigenvalue weighted by molar-refractivity contribution is -0.0512. The van der Waals surface area contributed by atoms with Crippen molar-refractivity contribution in [3.05, 3.63) is 48.2 Å². The molecule has 3 aromatic heterocycles. The van der Waals surface area contributed by atoms with Gasteiger partial charge in [0.15, 0.2) is 6.23 Å². The number of ether oxygens (including phenoxy) is 1. The summed E-state index contributed by atoms with van der Waals surface area (Å²) in [5.74, 6) is 2.08. The van der Waals surface area contributed by atoms with Crippen LogP contribution in [0.3, 0.4) is 0 Å². The third kappa shape index (κ3) is 4.91. The summed E-state index contributed by atoms with van der Waals surface area (Å²) in [6.45, 7) is 7.23. The Kier molecular flexibility index (Phi) is 6.61. The van der Waals surface area contributed by atoms with E-state index in [1.807, 2.05) is 0 Å². The van der Waals surface area contributed by atoms with E-state index in [1.165, 1.54) is 11.9 Å². The number of benzene rings is 1. The van der Waals surface area contributed by atoms with Gasteiger partial charge in [-0.3, -0.25) is 0 Å². The summed E-state index contributed by atoms with van der Waals surface area (Å²) in [5.41, 5.74) is 10.1. The second kappa shape index (κ2) is 9.85. The highest BCUT2D eigenvalue weighted by atomic mass is 16.6. The summed E-state index contributed by atoms with van der Waals surface area (Å²) < 4.78 is 7.89. The molecule has 10 nitrogen and oxygen atoms in total. The second-order valence-electron chi connectivity index (χ2n) is 12.4. The number of aromatic amines is 1. The fraction of sp³-hybridized carbons (Fsp3) is 0.552. The molecular weight excluding hydrogens is 494 g/mol. The summed E-state index contributed by atoms with van der Waals surface area (Å²) in [4.78, 5) is 18.9. The average Bonchev–Trinajstić information content (AvgIpc) is 3.54. The molecule has 5 N–H and O–H groups in total. The Hall–Kier alpha value is -3.05. The first-order valence-corrected chi connectivity index (χ1v) is 13.9. The van der Waals surface area contributed by atoms with Crippen LogP contribution in [-0.2, 0) is 16.6 Å². The van der Waals surface area contributed by atoms with Crippen molar-refractivity contribution >= 4 is 27.9 Å². The molecular formula is C29H39N7O3. The van der Waals surface area contributed by atoms with Gasteiger partial charge in [0.1, 0.15) is 41.9 Å². The molecule has 4 atom stereocenters. The number of likely N-dealkylation sites (N-methyl/N-ethyl adjacent to an activating group) is 1. The van der Waals surface area contributed by atoms with Gasteiger partial charge in [-0.15, -0.1) is 0 Å². The Morgan fingerprint density at radius 3 is 2.72 bits per heavy atom. The number of imidazole rings is 1. The van der Waals surface area contributed by atoms with Crippen LogP contribution in [0.5, 0.6) is 0 Å². The Morgan fingerprint density at radius 1 is 1.15 bits per heavy atom. The van der Waals surface area contributed by atoms with E-state index in [9.17, 15) is 10.2 Å². The number of rotatable bonds is 7. The van der Waals surface area contributed by atoms with Gasteiger partial charge < -0.3 is 35.1 Å².